The van der Waals surface area contributed by atoms with Gasteiger partial charge in [0.15, 0.2) is 0 Å². The molecule has 14 heavy (non-hydrogen) atoms. The number of carbonyl (C=O) groups excluding carboxylic acids is 2. The van der Waals surface area contributed by atoms with Crippen LogP contribution in [0.1, 0.15) is 12.8 Å². The Hall–Kier alpha value is -0.940. The molecule has 0 spiro atoms. The van der Waals surface area contributed by atoms with Gasteiger partial charge in [-0.2, -0.15) is 0 Å². The molecular weight excluding hydrogens is 184 g/mol. The monoisotopic (exact) mass is 198 g/mol. The summed E-state index contributed by atoms with van der Waals surface area (Å²) < 4.78 is 0. The van der Waals surface area contributed by atoms with Crippen LogP contribution >= 0.6 is 0 Å². The number of rotatable bonds is 3. The van der Waals surface area contributed by atoms with Gasteiger partial charge in [0.25, 0.3) is 0 Å². The van der Waals surface area contributed by atoms with Crippen LogP contribution in [0.5, 0.6) is 0 Å². The molecule has 0 saturated carbocycles. The Morgan fingerprint density at radius 2 is 1.79 bits per heavy atom. The number of hydrogen-bond donors (Lipinski definition) is 1. The number of hydrogen-bond acceptors (Lipinski definition) is 4. The van der Waals surface area contributed by atoms with Gasteiger partial charge in [-0.3, -0.25) is 19.4 Å². The van der Waals surface area contributed by atoms with Crippen LogP contribution in [0.4, 0.5) is 0 Å². The normalized spacial score (nSPS) is 24.5. The second-order valence-corrected chi connectivity index (χ2v) is 3.79. The van der Waals surface area contributed by atoms with Gasteiger partial charge in [0.05, 0.1) is 12.6 Å². The maximum atomic E-state index is 11.3. The minimum absolute atomic E-state index is 0.0383. The van der Waals surface area contributed by atoms with Gasteiger partial charge in [-0.25, -0.2) is 0 Å². The topological polar surface area (TPSA) is 60.9 Å². The van der Waals surface area contributed by atoms with Gasteiger partial charge in [-0.1, -0.05) is 0 Å². The molecule has 0 aliphatic carbocycles. The van der Waals surface area contributed by atoms with Gasteiger partial charge in [-0.15, -0.1) is 0 Å². The van der Waals surface area contributed by atoms with Crippen molar-refractivity contribution in [3.8, 4) is 0 Å². The zero-order chi connectivity index (χ0) is 10.1. The van der Waals surface area contributed by atoms with Crippen molar-refractivity contribution in [2.45, 2.75) is 18.9 Å². The molecule has 2 amide bonds. The summed E-state index contributed by atoms with van der Waals surface area (Å²) in [6.45, 7) is 2.21. The van der Waals surface area contributed by atoms with Gasteiger partial charge in [0.2, 0.25) is 11.8 Å². The summed E-state index contributed by atoms with van der Waals surface area (Å²) in [5.74, 6) is -0.0766. The molecule has 0 aromatic heterocycles. The first-order chi connectivity index (χ1) is 6.72. The number of likely N-dealkylation sites (tertiary alicyclic amines) is 2. The van der Waals surface area contributed by atoms with Crippen molar-refractivity contribution >= 4 is 11.8 Å². The second kappa shape index (κ2) is 3.67. The molecule has 5 heteroatoms. The van der Waals surface area contributed by atoms with Crippen molar-refractivity contribution in [3.63, 3.8) is 0 Å². The third-order valence-electron chi connectivity index (χ3n) is 2.81. The third-order valence-corrected chi connectivity index (χ3v) is 2.81. The molecular formula is C9H14N2O3. The van der Waals surface area contributed by atoms with Gasteiger partial charge in [0, 0.05) is 32.5 Å². The molecule has 0 bridgehead atoms. The van der Waals surface area contributed by atoms with Crippen LogP contribution in [0.2, 0.25) is 0 Å². The summed E-state index contributed by atoms with van der Waals surface area (Å²) in [6, 6.07) is 0.0593. The van der Waals surface area contributed by atoms with Crippen molar-refractivity contribution in [2.75, 3.05) is 26.2 Å². The molecule has 2 aliphatic heterocycles. The number of amides is 2. The molecule has 2 aliphatic rings. The van der Waals surface area contributed by atoms with Crippen LogP contribution in [-0.4, -0.2) is 59.0 Å². The Labute approximate surface area is 82.3 Å². The van der Waals surface area contributed by atoms with E-state index in [1.807, 2.05) is 4.90 Å². The lowest BCUT2D eigenvalue weighted by molar-refractivity contribution is -0.145. The number of imide groups is 1. The fourth-order valence-corrected chi connectivity index (χ4v) is 2.03. The largest absolute Gasteiger partial charge is 0.395 e. The Kier molecular flexibility index (Phi) is 2.52. The number of aliphatic hydroxyl groups is 1. The molecule has 2 saturated heterocycles. The van der Waals surface area contributed by atoms with E-state index < -0.39 is 0 Å². The lowest BCUT2D eigenvalue weighted by Gasteiger charge is -2.42. The maximum absolute atomic E-state index is 11.3. The van der Waals surface area contributed by atoms with Crippen molar-refractivity contribution in [1.29, 1.82) is 0 Å². The van der Waals surface area contributed by atoms with Gasteiger partial charge in [-0.05, 0) is 0 Å². The first-order valence-electron chi connectivity index (χ1n) is 4.90. The quantitative estimate of drug-likeness (QED) is 0.579. The number of β-amino-alcohol motifs (C(OH)–C–C–N with tert-alkyl or cyclic N) is 1. The predicted molar refractivity (Wildman–Crippen MR) is 48.4 cm³/mol. The van der Waals surface area contributed by atoms with Crippen molar-refractivity contribution in [1.82, 2.24) is 9.80 Å². The summed E-state index contributed by atoms with van der Waals surface area (Å²) >= 11 is 0. The highest BCUT2D eigenvalue weighted by Crippen LogP contribution is 2.21. The maximum Gasteiger partial charge on any atom is 0.230 e. The highest BCUT2D eigenvalue weighted by molar-refractivity contribution is 6.02. The van der Waals surface area contributed by atoms with E-state index >= 15 is 0 Å². The summed E-state index contributed by atoms with van der Waals surface area (Å²) in [5, 5.41) is 8.67. The smallest absolute Gasteiger partial charge is 0.230 e. The standard InChI is InChI=1S/C9H14N2O3/c12-4-3-10-5-7(6-10)11-8(13)1-2-9(11)14/h7,12H,1-6H2. The average molecular weight is 198 g/mol. The predicted octanol–water partition coefficient (Wildman–Crippen LogP) is -1.19. The van der Waals surface area contributed by atoms with E-state index in [4.69, 9.17) is 5.11 Å². The molecule has 5 nitrogen and oxygen atoms in total. The number of carbonyl (C=O) groups is 2. The van der Waals surface area contributed by atoms with Crippen molar-refractivity contribution < 1.29 is 14.7 Å². The van der Waals surface area contributed by atoms with Crippen LogP contribution in [-0.2, 0) is 9.59 Å². The number of aliphatic hydroxyl groups excluding tert-OH is 1. The van der Waals surface area contributed by atoms with E-state index in [9.17, 15) is 9.59 Å². The Morgan fingerprint density at radius 3 is 2.29 bits per heavy atom. The van der Waals surface area contributed by atoms with E-state index in [1.54, 1.807) is 0 Å². The van der Waals surface area contributed by atoms with Gasteiger partial charge < -0.3 is 5.11 Å². The highest BCUT2D eigenvalue weighted by atomic mass is 16.3. The molecule has 2 fully saturated rings. The number of nitrogens with zero attached hydrogens (tertiary/aromatic N) is 2. The minimum Gasteiger partial charge on any atom is -0.395 e. The Bertz CT molecular complexity index is 245. The first kappa shape index (κ1) is 9.61. The third kappa shape index (κ3) is 1.53. The van der Waals surface area contributed by atoms with Crippen LogP contribution in [0, 0.1) is 0 Å². The lowest BCUT2D eigenvalue weighted by atomic mass is 10.1. The lowest BCUT2D eigenvalue weighted by Crippen LogP contribution is -2.61. The van der Waals surface area contributed by atoms with Crippen LogP contribution in [0.15, 0.2) is 0 Å². The average Bonchev–Trinajstić information content (AvgIpc) is 2.40. The molecule has 0 atom stereocenters. The van der Waals surface area contributed by atoms with Gasteiger partial charge in [0.1, 0.15) is 0 Å². The molecule has 0 aromatic carbocycles. The zero-order valence-corrected chi connectivity index (χ0v) is 7.98. The summed E-state index contributed by atoms with van der Waals surface area (Å²) in [7, 11) is 0. The van der Waals surface area contributed by atoms with E-state index in [0.29, 0.717) is 19.4 Å². The molecule has 78 valence electrons. The molecule has 2 heterocycles. The van der Waals surface area contributed by atoms with Crippen LogP contribution in [0.3, 0.4) is 0 Å². The zero-order valence-electron chi connectivity index (χ0n) is 7.98. The minimum atomic E-state index is -0.0383. The molecule has 0 unspecified atom stereocenters. The van der Waals surface area contributed by atoms with Gasteiger partial charge >= 0.3 is 0 Å². The molecule has 1 N–H and O–H groups in total. The van der Waals surface area contributed by atoms with Crippen LogP contribution < -0.4 is 0 Å². The van der Waals surface area contributed by atoms with E-state index in [-0.39, 0.29) is 24.5 Å². The summed E-state index contributed by atoms with van der Waals surface area (Å²) in [6.07, 6.45) is 0.741. The summed E-state index contributed by atoms with van der Waals surface area (Å²) in [4.78, 5) is 26.1. The highest BCUT2D eigenvalue weighted by Gasteiger charge is 2.40. The molecule has 0 aromatic rings. The van der Waals surface area contributed by atoms with E-state index in [2.05, 4.69) is 0 Å². The summed E-state index contributed by atoms with van der Waals surface area (Å²) in [5.41, 5.74) is 0. The Balaban J connectivity index is 1.86. The fraction of sp³-hybridized carbons (Fsp3) is 0.778. The fourth-order valence-electron chi connectivity index (χ4n) is 2.03. The van der Waals surface area contributed by atoms with E-state index in [1.165, 1.54) is 4.90 Å². The SMILES string of the molecule is O=C1CCC(=O)N1C1CN(CCO)C1. The van der Waals surface area contributed by atoms with Crippen LogP contribution in [0.25, 0.3) is 0 Å². The van der Waals surface area contributed by atoms with E-state index in [0.717, 1.165) is 13.1 Å². The first-order valence-corrected chi connectivity index (χ1v) is 4.90. The van der Waals surface area contributed by atoms with Crippen molar-refractivity contribution in [3.05, 3.63) is 0 Å². The molecule has 2 rings (SSSR count). The Morgan fingerprint density at radius 1 is 1.21 bits per heavy atom. The van der Waals surface area contributed by atoms with Crippen molar-refractivity contribution in [2.24, 2.45) is 0 Å². The second-order valence-electron chi connectivity index (χ2n) is 3.79. The molecule has 0 radical (unpaired) electrons.